The first-order valence-electron chi connectivity index (χ1n) is 4.55. The van der Waals surface area contributed by atoms with Crippen LogP contribution < -0.4 is 5.32 Å². The van der Waals surface area contributed by atoms with Gasteiger partial charge in [-0.15, -0.1) is 0 Å². The Labute approximate surface area is 74.4 Å². The quantitative estimate of drug-likeness (QED) is 0.694. The van der Waals surface area contributed by atoms with Gasteiger partial charge >= 0.3 is 0 Å². The van der Waals surface area contributed by atoms with Crippen LogP contribution in [0.2, 0.25) is 0 Å². The normalized spacial score (nSPS) is 28.2. The van der Waals surface area contributed by atoms with E-state index in [-0.39, 0.29) is 11.9 Å². The fourth-order valence-corrected chi connectivity index (χ4v) is 1.23. The summed E-state index contributed by atoms with van der Waals surface area (Å²) in [5.74, 6) is -0.386. The molecular weight excluding hydrogens is 154 g/mol. The minimum absolute atomic E-state index is 0.211. The monoisotopic (exact) mass is 173 g/mol. The lowest BCUT2D eigenvalue weighted by Crippen LogP contribution is -2.34. The number of hydrogen-bond donors (Lipinski definition) is 1. The Kier molecular flexibility index (Phi) is 3.09. The molecule has 0 saturated carbocycles. The zero-order chi connectivity index (χ0) is 9.19. The number of nitrogens with one attached hydrogen (secondary N) is 1. The standard InChI is InChI=1S/C9H19NO2/c1-7(2)10-5-8-6-11-9(3,4)12-8/h7-8,10H,5-6H2,1-4H3/t8-/m1/s1. The second kappa shape index (κ2) is 3.73. The van der Waals surface area contributed by atoms with Gasteiger partial charge in [0.05, 0.1) is 12.7 Å². The fourth-order valence-electron chi connectivity index (χ4n) is 1.23. The summed E-state index contributed by atoms with van der Waals surface area (Å²) in [5, 5.41) is 3.32. The van der Waals surface area contributed by atoms with Gasteiger partial charge in [0.15, 0.2) is 5.79 Å². The van der Waals surface area contributed by atoms with Crippen molar-refractivity contribution in [1.29, 1.82) is 0 Å². The third-order valence-corrected chi connectivity index (χ3v) is 1.82. The van der Waals surface area contributed by atoms with Crippen LogP contribution in [0.1, 0.15) is 27.7 Å². The highest BCUT2D eigenvalue weighted by Crippen LogP contribution is 2.21. The van der Waals surface area contributed by atoms with Gasteiger partial charge in [-0.2, -0.15) is 0 Å². The highest BCUT2D eigenvalue weighted by molar-refractivity contribution is 4.73. The lowest BCUT2D eigenvalue weighted by molar-refractivity contribution is -0.137. The van der Waals surface area contributed by atoms with Crippen molar-refractivity contribution in [2.24, 2.45) is 0 Å². The van der Waals surface area contributed by atoms with Gasteiger partial charge in [-0.05, 0) is 13.8 Å². The Hall–Kier alpha value is -0.120. The van der Waals surface area contributed by atoms with Crippen LogP contribution in [0.5, 0.6) is 0 Å². The van der Waals surface area contributed by atoms with Gasteiger partial charge in [0.1, 0.15) is 0 Å². The topological polar surface area (TPSA) is 30.5 Å². The molecule has 0 amide bonds. The van der Waals surface area contributed by atoms with E-state index in [4.69, 9.17) is 9.47 Å². The first-order valence-corrected chi connectivity index (χ1v) is 4.55. The molecule has 1 aliphatic heterocycles. The Morgan fingerprint density at radius 3 is 2.58 bits per heavy atom. The summed E-state index contributed by atoms with van der Waals surface area (Å²) in [6.07, 6.45) is 0.211. The van der Waals surface area contributed by atoms with Crippen LogP contribution in [0.15, 0.2) is 0 Å². The summed E-state index contributed by atoms with van der Waals surface area (Å²) >= 11 is 0. The molecule has 1 fully saturated rings. The number of rotatable bonds is 3. The molecule has 0 spiro atoms. The fraction of sp³-hybridized carbons (Fsp3) is 1.00. The molecule has 1 N–H and O–H groups in total. The summed E-state index contributed by atoms with van der Waals surface area (Å²) in [7, 11) is 0. The molecule has 1 aliphatic rings. The molecule has 1 heterocycles. The Bertz CT molecular complexity index is 145. The van der Waals surface area contributed by atoms with E-state index in [1.54, 1.807) is 0 Å². The van der Waals surface area contributed by atoms with Crippen LogP contribution in [-0.4, -0.2) is 31.1 Å². The molecule has 0 unspecified atom stereocenters. The van der Waals surface area contributed by atoms with E-state index in [9.17, 15) is 0 Å². The van der Waals surface area contributed by atoms with Gasteiger partial charge in [0.25, 0.3) is 0 Å². The second-order valence-corrected chi connectivity index (χ2v) is 4.01. The zero-order valence-electron chi connectivity index (χ0n) is 8.39. The van der Waals surface area contributed by atoms with Gasteiger partial charge in [-0.25, -0.2) is 0 Å². The van der Waals surface area contributed by atoms with Gasteiger partial charge in [-0.1, -0.05) is 13.8 Å². The third-order valence-electron chi connectivity index (χ3n) is 1.82. The minimum Gasteiger partial charge on any atom is -0.348 e. The zero-order valence-corrected chi connectivity index (χ0v) is 8.39. The van der Waals surface area contributed by atoms with Crippen LogP contribution in [0, 0.1) is 0 Å². The average molecular weight is 173 g/mol. The molecule has 0 bridgehead atoms. The van der Waals surface area contributed by atoms with Crippen LogP contribution in [0.4, 0.5) is 0 Å². The molecule has 1 atom stereocenters. The molecule has 12 heavy (non-hydrogen) atoms. The molecule has 1 rings (SSSR count). The highest BCUT2D eigenvalue weighted by Gasteiger charge is 2.32. The Morgan fingerprint density at radius 2 is 2.17 bits per heavy atom. The van der Waals surface area contributed by atoms with Crippen molar-refractivity contribution in [3.8, 4) is 0 Å². The van der Waals surface area contributed by atoms with Gasteiger partial charge < -0.3 is 14.8 Å². The SMILES string of the molecule is CC(C)NC[C@@H]1COC(C)(C)O1. The third kappa shape index (κ3) is 3.09. The average Bonchev–Trinajstić information content (AvgIpc) is 2.26. The van der Waals surface area contributed by atoms with E-state index >= 15 is 0 Å². The summed E-state index contributed by atoms with van der Waals surface area (Å²) in [5.41, 5.74) is 0. The van der Waals surface area contributed by atoms with E-state index in [0.717, 1.165) is 6.54 Å². The smallest absolute Gasteiger partial charge is 0.163 e. The summed E-state index contributed by atoms with van der Waals surface area (Å²) in [4.78, 5) is 0. The molecule has 3 nitrogen and oxygen atoms in total. The molecule has 1 saturated heterocycles. The van der Waals surface area contributed by atoms with Crippen molar-refractivity contribution >= 4 is 0 Å². The van der Waals surface area contributed by atoms with E-state index in [1.165, 1.54) is 0 Å². The van der Waals surface area contributed by atoms with Gasteiger partial charge in [0.2, 0.25) is 0 Å². The van der Waals surface area contributed by atoms with Crippen molar-refractivity contribution in [3.05, 3.63) is 0 Å². The van der Waals surface area contributed by atoms with Crippen LogP contribution in [0.25, 0.3) is 0 Å². The lowest BCUT2D eigenvalue weighted by Gasteiger charge is -2.17. The largest absolute Gasteiger partial charge is 0.348 e. The summed E-state index contributed by atoms with van der Waals surface area (Å²) in [6.45, 7) is 9.72. The Morgan fingerprint density at radius 1 is 1.50 bits per heavy atom. The highest BCUT2D eigenvalue weighted by atomic mass is 16.7. The minimum atomic E-state index is -0.386. The first-order chi connectivity index (χ1) is 5.49. The van der Waals surface area contributed by atoms with E-state index in [0.29, 0.717) is 12.6 Å². The van der Waals surface area contributed by atoms with E-state index in [1.807, 2.05) is 13.8 Å². The molecule has 3 heteroatoms. The molecule has 0 aromatic carbocycles. The number of hydrogen-bond acceptors (Lipinski definition) is 3. The summed E-state index contributed by atoms with van der Waals surface area (Å²) < 4.78 is 11.0. The lowest BCUT2D eigenvalue weighted by atomic mass is 10.3. The van der Waals surface area contributed by atoms with Crippen molar-refractivity contribution in [3.63, 3.8) is 0 Å². The summed E-state index contributed by atoms with van der Waals surface area (Å²) in [6, 6.07) is 0.511. The van der Waals surface area contributed by atoms with Crippen LogP contribution >= 0.6 is 0 Å². The second-order valence-electron chi connectivity index (χ2n) is 4.01. The van der Waals surface area contributed by atoms with Crippen molar-refractivity contribution in [2.75, 3.05) is 13.2 Å². The molecule has 0 aliphatic carbocycles. The molecular formula is C9H19NO2. The predicted octanol–water partition coefficient (Wildman–Crippen LogP) is 1.14. The van der Waals surface area contributed by atoms with Crippen molar-refractivity contribution in [1.82, 2.24) is 5.32 Å². The van der Waals surface area contributed by atoms with Gasteiger partial charge in [-0.3, -0.25) is 0 Å². The predicted molar refractivity (Wildman–Crippen MR) is 48.0 cm³/mol. The maximum atomic E-state index is 5.61. The van der Waals surface area contributed by atoms with E-state index < -0.39 is 0 Å². The molecule has 0 aromatic heterocycles. The molecule has 0 radical (unpaired) electrons. The van der Waals surface area contributed by atoms with Crippen molar-refractivity contribution < 1.29 is 9.47 Å². The van der Waals surface area contributed by atoms with Gasteiger partial charge in [0, 0.05) is 12.6 Å². The molecule has 72 valence electrons. The number of ether oxygens (including phenoxy) is 2. The first kappa shape index (κ1) is 9.96. The Balaban J connectivity index is 2.20. The van der Waals surface area contributed by atoms with E-state index in [2.05, 4.69) is 19.2 Å². The van der Waals surface area contributed by atoms with Crippen LogP contribution in [0.3, 0.4) is 0 Å². The molecule has 0 aromatic rings. The van der Waals surface area contributed by atoms with Crippen molar-refractivity contribution in [2.45, 2.75) is 45.6 Å². The maximum absolute atomic E-state index is 5.61. The maximum Gasteiger partial charge on any atom is 0.163 e. The van der Waals surface area contributed by atoms with Crippen LogP contribution in [-0.2, 0) is 9.47 Å².